The molecule has 0 fully saturated rings. The molecule has 4 heteroatoms. The van der Waals surface area contributed by atoms with E-state index in [9.17, 15) is 0 Å². The van der Waals surface area contributed by atoms with Crippen LogP contribution in [0.4, 0.5) is 0 Å². The molecule has 0 spiro atoms. The van der Waals surface area contributed by atoms with Crippen molar-refractivity contribution in [3.63, 3.8) is 0 Å². The zero-order valence-corrected chi connectivity index (χ0v) is 7.18. The van der Waals surface area contributed by atoms with Crippen molar-refractivity contribution in [2.75, 3.05) is 0 Å². The van der Waals surface area contributed by atoms with Crippen molar-refractivity contribution in [2.24, 2.45) is 0 Å². The standard InChI is InChI=1S/C9H8N4/c1-7-2-10-6-13-9(7)8-3-11-5-12-4-8/h2-6H,1H3. The fourth-order valence-electron chi connectivity index (χ4n) is 1.12. The van der Waals surface area contributed by atoms with Crippen LogP contribution in [0.25, 0.3) is 11.3 Å². The van der Waals surface area contributed by atoms with Gasteiger partial charge in [-0.1, -0.05) is 0 Å². The van der Waals surface area contributed by atoms with Crippen molar-refractivity contribution in [1.82, 2.24) is 19.9 Å². The van der Waals surface area contributed by atoms with Crippen molar-refractivity contribution < 1.29 is 0 Å². The van der Waals surface area contributed by atoms with Gasteiger partial charge in [0.05, 0.1) is 5.69 Å². The summed E-state index contributed by atoms with van der Waals surface area (Å²) in [5.41, 5.74) is 2.83. The lowest BCUT2D eigenvalue weighted by Crippen LogP contribution is -1.90. The topological polar surface area (TPSA) is 51.6 Å². The Morgan fingerprint density at radius 2 is 1.62 bits per heavy atom. The van der Waals surface area contributed by atoms with Gasteiger partial charge < -0.3 is 0 Å². The quantitative estimate of drug-likeness (QED) is 0.649. The summed E-state index contributed by atoms with van der Waals surface area (Å²) in [5, 5.41) is 0. The predicted octanol–water partition coefficient (Wildman–Crippen LogP) is 1.24. The summed E-state index contributed by atoms with van der Waals surface area (Å²) >= 11 is 0. The third kappa shape index (κ3) is 1.51. The minimum atomic E-state index is 0.885. The van der Waals surface area contributed by atoms with Gasteiger partial charge in [-0.2, -0.15) is 0 Å². The van der Waals surface area contributed by atoms with Crippen molar-refractivity contribution in [3.8, 4) is 11.3 Å². The second-order valence-electron chi connectivity index (χ2n) is 2.68. The molecule has 0 saturated carbocycles. The van der Waals surface area contributed by atoms with E-state index in [0.29, 0.717) is 0 Å². The average Bonchev–Trinajstić information content (AvgIpc) is 2.20. The molecular formula is C9H8N4. The van der Waals surface area contributed by atoms with E-state index in [0.717, 1.165) is 16.8 Å². The zero-order valence-electron chi connectivity index (χ0n) is 7.18. The molecule has 0 atom stereocenters. The van der Waals surface area contributed by atoms with Crippen LogP contribution >= 0.6 is 0 Å². The van der Waals surface area contributed by atoms with Crippen molar-refractivity contribution in [1.29, 1.82) is 0 Å². The Kier molecular flexibility index (Phi) is 1.96. The van der Waals surface area contributed by atoms with E-state index in [4.69, 9.17) is 0 Å². The highest BCUT2D eigenvalue weighted by Crippen LogP contribution is 2.16. The first-order chi connectivity index (χ1) is 6.38. The molecule has 64 valence electrons. The normalized spacial score (nSPS) is 9.92. The van der Waals surface area contributed by atoms with Crippen LogP contribution in [0.3, 0.4) is 0 Å². The summed E-state index contributed by atoms with van der Waals surface area (Å²) in [7, 11) is 0. The summed E-state index contributed by atoms with van der Waals surface area (Å²) in [5.74, 6) is 0. The fraction of sp³-hybridized carbons (Fsp3) is 0.111. The SMILES string of the molecule is Cc1cncnc1-c1cncnc1. The van der Waals surface area contributed by atoms with Gasteiger partial charge in [0.15, 0.2) is 0 Å². The Hall–Kier alpha value is -1.84. The summed E-state index contributed by atoms with van der Waals surface area (Å²) < 4.78 is 0. The average molecular weight is 172 g/mol. The molecule has 0 aliphatic rings. The number of nitrogens with zero attached hydrogens (tertiary/aromatic N) is 4. The van der Waals surface area contributed by atoms with E-state index < -0.39 is 0 Å². The molecule has 0 aromatic carbocycles. The van der Waals surface area contributed by atoms with Crippen LogP contribution in [-0.2, 0) is 0 Å². The monoisotopic (exact) mass is 172 g/mol. The molecular weight excluding hydrogens is 164 g/mol. The lowest BCUT2D eigenvalue weighted by molar-refractivity contribution is 1.11. The summed E-state index contributed by atoms with van der Waals surface area (Å²) in [6.45, 7) is 1.96. The fourth-order valence-corrected chi connectivity index (χ4v) is 1.12. The Bertz CT molecular complexity index is 399. The van der Waals surface area contributed by atoms with Crippen LogP contribution in [0, 0.1) is 6.92 Å². The molecule has 0 amide bonds. The second kappa shape index (κ2) is 3.26. The molecule has 2 heterocycles. The Labute approximate surface area is 75.7 Å². The third-order valence-corrected chi connectivity index (χ3v) is 1.73. The second-order valence-corrected chi connectivity index (χ2v) is 2.68. The minimum absolute atomic E-state index is 0.885. The molecule has 0 unspecified atom stereocenters. The molecule has 0 saturated heterocycles. The van der Waals surface area contributed by atoms with Crippen LogP contribution in [0.5, 0.6) is 0 Å². The lowest BCUT2D eigenvalue weighted by atomic mass is 10.1. The van der Waals surface area contributed by atoms with Gasteiger partial charge in [0.25, 0.3) is 0 Å². The van der Waals surface area contributed by atoms with Gasteiger partial charge in [0.1, 0.15) is 12.7 Å². The highest BCUT2D eigenvalue weighted by Gasteiger charge is 2.01. The zero-order chi connectivity index (χ0) is 9.10. The van der Waals surface area contributed by atoms with Crippen molar-refractivity contribution in [2.45, 2.75) is 6.92 Å². The largest absolute Gasteiger partial charge is 0.245 e. The van der Waals surface area contributed by atoms with Gasteiger partial charge in [-0.3, -0.25) is 0 Å². The highest BCUT2D eigenvalue weighted by molar-refractivity contribution is 5.59. The van der Waals surface area contributed by atoms with Crippen LogP contribution in [0.2, 0.25) is 0 Å². The predicted molar refractivity (Wildman–Crippen MR) is 47.8 cm³/mol. The van der Waals surface area contributed by atoms with Crippen LogP contribution < -0.4 is 0 Å². The molecule has 2 aromatic heterocycles. The molecule has 0 bridgehead atoms. The molecule has 0 aliphatic heterocycles. The van der Waals surface area contributed by atoms with E-state index in [1.807, 2.05) is 6.92 Å². The van der Waals surface area contributed by atoms with Crippen LogP contribution in [0.1, 0.15) is 5.56 Å². The maximum Gasteiger partial charge on any atom is 0.116 e. The number of hydrogen-bond donors (Lipinski definition) is 0. The third-order valence-electron chi connectivity index (χ3n) is 1.73. The first kappa shape index (κ1) is 7.79. The smallest absolute Gasteiger partial charge is 0.116 e. The number of rotatable bonds is 1. The highest BCUT2D eigenvalue weighted by atomic mass is 14.8. The summed E-state index contributed by atoms with van der Waals surface area (Å²) in [4.78, 5) is 15.9. The Morgan fingerprint density at radius 3 is 2.31 bits per heavy atom. The number of aryl methyl sites for hydroxylation is 1. The van der Waals surface area contributed by atoms with Gasteiger partial charge in [-0.15, -0.1) is 0 Å². The summed E-state index contributed by atoms with van der Waals surface area (Å²) in [6, 6.07) is 0. The van der Waals surface area contributed by atoms with E-state index >= 15 is 0 Å². The molecule has 2 rings (SSSR count). The number of aromatic nitrogens is 4. The van der Waals surface area contributed by atoms with E-state index in [1.54, 1.807) is 18.6 Å². The maximum atomic E-state index is 4.16. The van der Waals surface area contributed by atoms with E-state index in [2.05, 4.69) is 19.9 Å². The van der Waals surface area contributed by atoms with E-state index in [1.165, 1.54) is 12.7 Å². The van der Waals surface area contributed by atoms with Crippen molar-refractivity contribution in [3.05, 3.63) is 36.8 Å². The van der Waals surface area contributed by atoms with Gasteiger partial charge in [0, 0.05) is 24.2 Å². The maximum absolute atomic E-state index is 4.16. The van der Waals surface area contributed by atoms with Crippen molar-refractivity contribution >= 4 is 0 Å². The first-order valence-corrected chi connectivity index (χ1v) is 3.90. The van der Waals surface area contributed by atoms with Crippen LogP contribution in [-0.4, -0.2) is 19.9 Å². The Balaban J connectivity index is 2.54. The van der Waals surface area contributed by atoms with Gasteiger partial charge in [-0.25, -0.2) is 19.9 Å². The first-order valence-electron chi connectivity index (χ1n) is 3.90. The molecule has 2 aromatic rings. The molecule has 0 radical (unpaired) electrons. The molecule has 0 N–H and O–H groups in total. The lowest BCUT2D eigenvalue weighted by Gasteiger charge is -2.01. The molecule has 4 nitrogen and oxygen atoms in total. The molecule has 13 heavy (non-hydrogen) atoms. The van der Waals surface area contributed by atoms with E-state index in [-0.39, 0.29) is 0 Å². The number of hydrogen-bond acceptors (Lipinski definition) is 4. The van der Waals surface area contributed by atoms with Gasteiger partial charge in [0.2, 0.25) is 0 Å². The molecule has 0 aliphatic carbocycles. The van der Waals surface area contributed by atoms with Gasteiger partial charge in [-0.05, 0) is 12.5 Å². The van der Waals surface area contributed by atoms with Gasteiger partial charge >= 0.3 is 0 Å². The van der Waals surface area contributed by atoms with Crippen LogP contribution in [0.15, 0.2) is 31.2 Å². The Morgan fingerprint density at radius 1 is 0.923 bits per heavy atom. The minimum Gasteiger partial charge on any atom is -0.245 e. The summed E-state index contributed by atoms with van der Waals surface area (Å²) in [6.07, 6.45) is 8.27.